The predicted molar refractivity (Wildman–Crippen MR) is 63.4 cm³/mol. The molecule has 2 atom stereocenters. The van der Waals surface area contributed by atoms with Crippen molar-refractivity contribution in [3.8, 4) is 0 Å². The fourth-order valence-electron chi connectivity index (χ4n) is 1.64. The van der Waals surface area contributed by atoms with Crippen LogP contribution in [-0.4, -0.2) is 35.3 Å². The standard InChI is InChI=1S/C11H10ClFN2O4/c1-15-10(17)7(11(18)19-15)9(16)14-6-4-2-3-5(13)8(6)12/h2-4,7,10,17H,1H3,(H,14,16). The van der Waals surface area contributed by atoms with Gasteiger partial charge in [-0.15, -0.1) is 5.06 Å². The molecule has 1 fully saturated rings. The van der Waals surface area contributed by atoms with Gasteiger partial charge in [0.1, 0.15) is 5.82 Å². The third-order valence-electron chi connectivity index (χ3n) is 2.65. The molecule has 1 aliphatic rings. The van der Waals surface area contributed by atoms with Gasteiger partial charge in [-0.1, -0.05) is 17.7 Å². The molecule has 1 aromatic rings. The van der Waals surface area contributed by atoms with Gasteiger partial charge in [0.25, 0.3) is 0 Å². The van der Waals surface area contributed by atoms with Crippen molar-refractivity contribution in [2.45, 2.75) is 6.23 Å². The monoisotopic (exact) mass is 288 g/mol. The van der Waals surface area contributed by atoms with Gasteiger partial charge >= 0.3 is 5.97 Å². The number of amides is 1. The molecule has 0 bridgehead atoms. The molecule has 0 spiro atoms. The molecule has 2 N–H and O–H groups in total. The van der Waals surface area contributed by atoms with E-state index in [4.69, 9.17) is 11.6 Å². The Morgan fingerprint density at radius 2 is 2.26 bits per heavy atom. The number of hydrogen-bond donors (Lipinski definition) is 2. The minimum absolute atomic E-state index is 0.0150. The molecule has 8 heteroatoms. The molecule has 6 nitrogen and oxygen atoms in total. The van der Waals surface area contributed by atoms with Gasteiger partial charge in [-0.2, -0.15) is 0 Å². The van der Waals surface area contributed by atoms with Crippen LogP contribution in [0, 0.1) is 11.7 Å². The van der Waals surface area contributed by atoms with E-state index >= 15 is 0 Å². The maximum atomic E-state index is 13.2. The van der Waals surface area contributed by atoms with E-state index in [1.165, 1.54) is 19.2 Å². The molecule has 2 rings (SSSR count). The molecule has 0 aromatic heterocycles. The second-order valence-electron chi connectivity index (χ2n) is 3.94. The van der Waals surface area contributed by atoms with E-state index in [0.717, 1.165) is 11.1 Å². The van der Waals surface area contributed by atoms with Crippen molar-refractivity contribution in [1.29, 1.82) is 0 Å². The Morgan fingerprint density at radius 1 is 1.58 bits per heavy atom. The zero-order valence-electron chi connectivity index (χ0n) is 9.76. The van der Waals surface area contributed by atoms with Gasteiger partial charge in [-0.05, 0) is 12.1 Å². The lowest BCUT2D eigenvalue weighted by Crippen LogP contribution is -2.37. The zero-order valence-corrected chi connectivity index (χ0v) is 10.5. The normalized spacial score (nSPS) is 23.3. The maximum Gasteiger partial charge on any atom is 0.341 e. The molecule has 0 saturated carbocycles. The number of anilines is 1. The fraction of sp³-hybridized carbons (Fsp3) is 0.273. The largest absolute Gasteiger partial charge is 0.374 e. The van der Waals surface area contributed by atoms with Crippen LogP contribution in [0.2, 0.25) is 5.02 Å². The number of hydroxylamine groups is 2. The van der Waals surface area contributed by atoms with Gasteiger partial charge in [0.05, 0.1) is 10.7 Å². The third-order valence-corrected chi connectivity index (χ3v) is 3.03. The summed E-state index contributed by atoms with van der Waals surface area (Å²) in [7, 11) is 1.31. The molecular weight excluding hydrogens is 279 g/mol. The van der Waals surface area contributed by atoms with Gasteiger partial charge in [-0.25, -0.2) is 9.18 Å². The molecule has 1 heterocycles. The van der Waals surface area contributed by atoms with Crippen molar-refractivity contribution in [2.75, 3.05) is 12.4 Å². The van der Waals surface area contributed by atoms with Crippen LogP contribution in [0.5, 0.6) is 0 Å². The van der Waals surface area contributed by atoms with Gasteiger partial charge < -0.3 is 15.3 Å². The van der Waals surface area contributed by atoms with Crippen molar-refractivity contribution in [3.63, 3.8) is 0 Å². The highest BCUT2D eigenvalue weighted by atomic mass is 35.5. The van der Waals surface area contributed by atoms with Crippen molar-refractivity contribution in [3.05, 3.63) is 29.0 Å². The average molecular weight is 289 g/mol. The second kappa shape index (κ2) is 5.12. The van der Waals surface area contributed by atoms with Crippen molar-refractivity contribution in [1.82, 2.24) is 5.06 Å². The Morgan fingerprint density at radius 3 is 2.84 bits per heavy atom. The highest BCUT2D eigenvalue weighted by molar-refractivity contribution is 6.34. The molecule has 102 valence electrons. The number of nitrogens with one attached hydrogen (secondary N) is 1. The molecule has 1 saturated heterocycles. The maximum absolute atomic E-state index is 13.2. The summed E-state index contributed by atoms with van der Waals surface area (Å²) >= 11 is 5.67. The molecule has 1 aromatic carbocycles. The quantitative estimate of drug-likeness (QED) is 0.786. The zero-order chi connectivity index (χ0) is 14.2. The Balaban J connectivity index is 2.18. The van der Waals surface area contributed by atoms with E-state index in [-0.39, 0.29) is 10.7 Å². The van der Waals surface area contributed by atoms with Crippen molar-refractivity contribution < 1.29 is 23.9 Å². The van der Waals surface area contributed by atoms with Crippen molar-refractivity contribution >= 4 is 29.2 Å². The highest BCUT2D eigenvalue weighted by Gasteiger charge is 2.45. The minimum Gasteiger partial charge on any atom is -0.374 e. The van der Waals surface area contributed by atoms with E-state index in [0.29, 0.717) is 0 Å². The summed E-state index contributed by atoms with van der Waals surface area (Å²) in [5, 5.41) is 12.5. The summed E-state index contributed by atoms with van der Waals surface area (Å²) in [5.74, 6) is -3.83. The summed E-state index contributed by atoms with van der Waals surface area (Å²) in [6, 6.07) is 3.86. The Kier molecular flexibility index (Phi) is 3.70. The Bertz CT molecular complexity index is 539. The number of carbonyl (C=O) groups excluding carboxylic acids is 2. The molecular formula is C11H10ClFN2O4. The van der Waals surface area contributed by atoms with Gasteiger partial charge in [0, 0.05) is 7.05 Å². The number of carbonyl (C=O) groups is 2. The van der Waals surface area contributed by atoms with Crippen LogP contribution >= 0.6 is 11.6 Å². The Labute approximate surface area is 112 Å². The van der Waals surface area contributed by atoms with E-state index in [9.17, 15) is 19.1 Å². The van der Waals surface area contributed by atoms with E-state index < -0.39 is 29.8 Å². The number of aliphatic hydroxyl groups excluding tert-OH is 1. The van der Waals surface area contributed by atoms with Crippen LogP contribution in [0.3, 0.4) is 0 Å². The summed E-state index contributed by atoms with van der Waals surface area (Å²) in [6.45, 7) is 0. The van der Waals surface area contributed by atoms with Gasteiger partial charge in [-0.3, -0.25) is 4.79 Å². The SMILES string of the molecule is CN1OC(=O)C(C(=O)Nc2cccc(F)c2Cl)C1O. The van der Waals surface area contributed by atoms with E-state index in [1.54, 1.807) is 0 Å². The topological polar surface area (TPSA) is 78.9 Å². The van der Waals surface area contributed by atoms with Crippen LogP contribution in [0.4, 0.5) is 10.1 Å². The third kappa shape index (κ3) is 2.53. The van der Waals surface area contributed by atoms with Gasteiger partial charge in [0.15, 0.2) is 12.1 Å². The highest BCUT2D eigenvalue weighted by Crippen LogP contribution is 2.26. The first-order chi connectivity index (χ1) is 8.91. The number of nitrogens with zero attached hydrogens (tertiary/aromatic N) is 1. The average Bonchev–Trinajstić information content (AvgIpc) is 2.59. The molecule has 1 aliphatic heterocycles. The summed E-state index contributed by atoms with van der Waals surface area (Å²) in [5.41, 5.74) is 0.0150. The van der Waals surface area contributed by atoms with Gasteiger partial charge in [0.2, 0.25) is 5.91 Å². The minimum atomic E-state index is -1.41. The summed E-state index contributed by atoms with van der Waals surface area (Å²) in [6.07, 6.45) is -1.40. The smallest absolute Gasteiger partial charge is 0.341 e. The van der Waals surface area contributed by atoms with Crippen LogP contribution in [0.25, 0.3) is 0 Å². The Hall–Kier alpha value is -1.70. The molecule has 1 amide bonds. The van der Waals surface area contributed by atoms with Crippen LogP contribution in [-0.2, 0) is 14.4 Å². The fourth-order valence-corrected chi connectivity index (χ4v) is 1.81. The second-order valence-corrected chi connectivity index (χ2v) is 4.32. The lowest BCUT2D eigenvalue weighted by molar-refractivity contribution is -0.183. The lowest BCUT2D eigenvalue weighted by Gasteiger charge is -2.14. The number of aliphatic hydroxyl groups is 1. The number of rotatable bonds is 2. The summed E-state index contributed by atoms with van der Waals surface area (Å²) < 4.78 is 13.2. The molecule has 0 aliphatic carbocycles. The predicted octanol–water partition coefficient (Wildman–Crippen LogP) is 0.756. The molecule has 2 unspecified atom stereocenters. The number of hydrogen-bond acceptors (Lipinski definition) is 5. The molecule has 0 radical (unpaired) electrons. The van der Waals surface area contributed by atoms with E-state index in [1.807, 2.05) is 0 Å². The number of halogens is 2. The first-order valence-corrected chi connectivity index (χ1v) is 5.67. The number of benzene rings is 1. The van der Waals surface area contributed by atoms with Crippen LogP contribution in [0.15, 0.2) is 18.2 Å². The summed E-state index contributed by atoms with van der Waals surface area (Å²) in [4.78, 5) is 27.8. The van der Waals surface area contributed by atoms with Crippen LogP contribution < -0.4 is 5.32 Å². The first kappa shape index (κ1) is 13.7. The lowest BCUT2D eigenvalue weighted by atomic mass is 10.1. The first-order valence-electron chi connectivity index (χ1n) is 5.29. The van der Waals surface area contributed by atoms with E-state index in [2.05, 4.69) is 10.2 Å². The van der Waals surface area contributed by atoms with Crippen molar-refractivity contribution in [2.24, 2.45) is 5.92 Å². The van der Waals surface area contributed by atoms with Crippen LogP contribution in [0.1, 0.15) is 0 Å². The molecule has 19 heavy (non-hydrogen) atoms.